The Kier molecular flexibility index (Phi) is 2.37. The van der Waals surface area contributed by atoms with E-state index in [1.165, 1.54) is 25.0 Å². The Morgan fingerprint density at radius 2 is 2.33 bits per heavy atom. The Hall–Kier alpha value is -0.890. The molecule has 1 aliphatic heterocycles. The van der Waals surface area contributed by atoms with Crippen molar-refractivity contribution in [2.24, 2.45) is 0 Å². The van der Waals surface area contributed by atoms with Crippen molar-refractivity contribution in [2.45, 2.75) is 25.3 Å². The first-order valence-electron chi connectivity index (χ1n) is 4.61. The lowest BCUT2D eigenvalue weighted by atomic mass is 10.0. The molecule has 1 saturated heterocycles. The minimum atomic E-state index is 0.500. The molecule has 1 fully saturated rings. The molecule has 64 valence electrons. The van der Waals surface area contributed by atoms with Crippen LogP contribution in [0.4, 0.5) is 0 Å². The lowest BCUT2D eigenvalue weighted by Gasteiger charge is -2.22. The Morgan fingerprint density at radius 1 is 1.33 bits per heavy atom. The highest BCUT2D eigenvalue weighted by atomic mass is 14.9. The average molecular weight is 162 g/mol. The van der Waals surface area contributed by atoms with Gasteiger partial charge in [0, 0.05) is 12.2 Å². The van der Waals surface area contributed by atoms with Crippen molar-refractivity contribution in [3.8, 4) is 0 Å². The summed E-state index contributed by atoms with van der Waals surface area (Å²) in [6, 6.07) is 6.62. The third kappa shape index (κ3) is 1.64. The molecule has 1 aromatic heterocycles. The van der Waals surface area contributed by atoms with Gasteiger partial charge in [-0.3, -0.25) is 4.98 Å². The first-order valence-corrected chi connectivity index (χ1v) is 4.61. The third-order valence-corrected chi connectivity index (χ3v) is 2.36. The van der Waals surface area contributed by atoms with Crippen LogP contribution >= 0.6 is 0 Å². The van der Waals surface area contributed by atoms with Crippen LogP contribution in [0.3, 0.4) is 0 Å². The Morgan fingerprint density at radius 3 is 3.00 bits per heavy atom. The van der Waals surface area contributed by atoms with Gasteiger partial charge in [0.15, 0.2) is 0 Å². The number of piperidine rings is 1. The maximum atomic E-state index is 4.34. The molecule has 0 amide bonds. The molecule has 1 atom stereocenters. The Bertz CT molecular complexity index is 227. The van der Waals surface area contributed by atoms with Gasteiger partial charge < -0.3 is 5.32 Å². The molecule has 0 spiro atoms. The van der Waals surface area contributed by atoms with Crippen LogP contribution in [-0.4, -0.2) is 11.5 Å². The summed E-state index contributed by atoms with van der Waals surface area (Å²) in [5.41, 5.74) is 1.19. The summed E-state index contributed by atoms with van der Waals surface area (Å²) in [7, 11) is 0. The smallest absolute Gasteiger partial charge is 0.0573 e. The summed E-state index contributed by atoms with van der Waals surface area (Å²) in [4.78, 5) is 4.34. The number of rotatable bonds is 1. The zero-order chi connectivity index (χ0) is 8.23. The van der Waals surface area contributed by atoms with Crippen LogP contribution in [0.2, 0.25) is 0 Å². The van der Waals surface area contributed by atoms with E-state index < -0.39 is 0 Å². The van der Waals surface area contributed by atoms with Gasteiger partial charge in [-0.1, -0.05) is 12.5 Å². The first-order chi connectivity index (χ1) is 5.97. The van der Waals surface area contributed by atoms with Gasteiger partial charge in [0.25, 0.3) is 0 Å². The highest BCUT2D eigenvalue weighted by molar-refractivity contribution is 5.09. The van der Waals surface area contributed by atoms with Gasteiger partial charge in [0.2, 0.25) is 0 Å². The van der Waals surface area contributed by atoms with E-state index in [2.05, 4.69) is 22.4 Å². The molecule has 1 N–H and O–H groups in total. The van der Waals surface area contributed by atoms with Crippen molar-refractivity contribution in [1.82, 2.24) is 10.3 Å². The molecule has 2 rings (SSSR count). The van der Waals surface area contributed by atoms with Crippen molar-refractivity contribution in [3.63, 3.8) is 0 Å². The molecule has 0 radical (unpaired) electrons. The highest BCUT2D eigenvalue weighted by Gasteiger charge is 2.14. The van der Waals surface area contributed by atoms with Gasteiger partial charge in [-0.05, 0) is 31.5 Å². The lowest BCUT2D eigenvalue weighted by Crippen LogP contribution is -2.27. The quantitative estimate of drug-likeness (QED) is 0.682. The van der Waals surface area contributed by atoms with E-state index in [9.17, 15) is 0 Å². The summed E-state index contributed by atoms with van der Waals surface area (Å²) >= 11 is 0. The maximum absolute atomic E-state index is 4.34. The third-order valence-electron chi connectivity index (χ3n) is 2.36. The highest BCUT2D eigenvalue weighted by Crippen LogP contribution is 2.20. The topological polar surface area (TPSA) is 24.9 Å². The fourth-order valence-electron chi connectivity index (χ4n) is 1.69. The number of pyridine rings is 1. The number of hydrogen-bond donors (Lipinski definition) is 1. The van der Waals surface area contributed by atoms with Gasteiger partial charge in [-0.2, -0.15) is 0 Å². The molecule has 1 unspecified atom stereocenters. The van der Waals surface area contributed by atoms with Crippen molar-refractivity contribution in [1.29, 1.82) is 0 Å². The second-order valence-electron chi connectivity index (χ2n) is 3.26. The second-order valence-corrected chi connectivity index (χ2v) is 3.26. The van der Waals surface area contributed by atoms with Gasteiger partial charge in [0.05, 0.1) is 5.69 Å². The molecule has 2 heteroatoms. The fraction of sp³-hybridized carbons (Fsp3) is 0.500. The molecule has 0 aliphatic carbocycles. The zero-order valence-electron chi connectivity index (χ0n) is 7.16. The Balaban J connectivity index is 2.08. The minimum Gasteiger partial charge on any atom is -0.309 e. The number of hydrogen-bond acceptors (Lipinski definition) is 2. The number of nitrogens with one attached hydrogen (secondary N) is 1. The SMILES string of the molecule is c1ccc(C2CCCCN2)nc1. The average Bonchev–Trinajstić information content (AvgIpc) is 2.21. The Labute approximate surface area is 73.0 Å². The summed E-state index contributed by atoms with van der Waals surface area (Å²) in [6.45, 7) is 1.14. The summed E-state index contributed by atoms with van der Waals surface area (Å²) in [5.74, 6) is 0. The normalized spacial score (nSPS) is 23.8. The number of aromatic nitrogens is 1. The fourth-order valence-corrected chi connectivity index (χ4v) is 1.69. The summed E-state index contributed by atoms with van der Waals surface area (Å²) < 4.78 is 0. The largest absolute Gasteiger partial charge is 0.309 e. The van der Waals surface area contributed by atoms with E-state index in [1.54, 1.807) is 0 Å². The molecule has 2 nitrogen and oxygen atoms in total. The van der Waals surface area contributed by atoms with Gasteiger partial charge in [-0.25, -0.2) is 0 Å². The van der Waals surface area contributed by atoms with E-state index in [0.29, 0.717) is 6.04 Å². The second kappa shape index (κ2) is 3.68. The monoisotopic (exact) mass is 162 g/mol. The molecular formula is C10H14N2. The van der Waals surface area contributed by atoms with Crippen LogP contribution < -0.4 is 5.32 Å². The van der Waals surface area contributed by atoms with Crippen molar-refractivity contribution >= 4 is 0 Å². The molecule has 12 heavy (non-hydrogen) atoms. The van der Waals surface area contributed by atoms with Crippen LogP contribution in [-0.2, 0) is 0 Å². The molecular weight excluding hydrogens is 148 g/mol. The standard InChI is InChI=1S/C10H14N2/c1-3-7-11-9(5-1)10-6-2-4-8-12-10/h1,3,5,7,10,12H,2,4,6,8H2. The molecule has 2 heterocycles. The van der Waals surface area contributed by atoms with Crippen LogP contribution in [0.1, 0.15) is 31.0 Å². The number of nitrogens with zero attached hydrogens (tertiary/aromatic N) is 1. The van der Waals surface area contributed by atoms with Crippen molar-refractivity contribution in [3.05, 3.63) is 30.1 Å². The van der Waals surface area contributed by atoms with E-state index in [1.807, 2.05) is 12.3 Å². The van der Waals surface area contributed by atoms with Crippen molar-refractivity contribution in [2.75, 3.05) is 6.54 Å². The minimum absolute atomic E-state index is 0.500. The van der Waals surface area contributed by atoms with E-state index in [0.717, 1.165) is 6.54 Å². The van der Waals surface area contributed by atoms with E-state index in [4.69, 9.17) is 0 Å². The molecule has 0 saturated carbocycles. The first kappa shape index (κ1) is 7.74. The lowest BCUT2D eigenvalue weighted by molar-refractivity contribution is 0.405. The van der Waals surface area contributed by atoms with Crippen LogP contribution in [0.15, 0.2) is 24.4 Å². The summed E-state index contributed by atoms with van der Waals surface area (Å²) in [6.07, 6.45) is 5.74. The zero-order valence-corrected chi connectivity index (χ0v) is 7.16. The van der Waals surface area contributed by atoms with Gasteiger partial charge in [0.1, 0.15) is 0 Å². The van der Waals surface area contributed by atoms with E-state index in [-0.39, 0.29) is 0 Å². The van der Waals surface area contributed by atoms with Crippen LogP contribution in [0, 0.1) is 0 Å². The van der Waals surface area contributed by atoms with Crippen LogP contribution in [0.25, 0.3) is 0 Å². The van der Waals surface area contributed by atoms with Crippen LogP contribution in [0.5, 0.6) is 0 Å². The molecule has 0 bridgehead atoms. The predicted octanol–water partition coefficient (Wildman–Crippen LogP) is 1.90. The van der Waals surface area contributed by atoms with Gasteiger partial charge >= 0.3 is 0 Å². The van der Waals surface area contributed by atoms with Crippen molar-refractivity contribution < 1.29 is 0 Å². The molecule has 1 aromatic rings. The molecule has 1 aliphatic rings. The molecule has 0 aromatic carbocycles. The predicted molar refractivity (Wildman–Crippen MR) is 48.8 cm³/mol. The van der Waals surface area contributed by atoms with Gasteiger partial charge in [-0.15, -0.1) is 0 Å². The maximum Gasteiger partial charge on any atom is 0.0573 e. The summed E-state index contributed by atoms with van der Waals surface area (Å²) in [5, 5.41) is 3.47. The van der Waals surface area contributed by atoms with E-state index >= 15 is 0 Å².